The van der Waals surface area contributed by atoms with Crippen molar-refractivity contribution in [3.63, 3.8) is 0 Å². The van der Waals surface area contributed by atoms with Crippen LogP contribution in [0.25, 0.3) is 0 Å². The number of thiophene rings is 1. The van der Waals surface area contributed by atoms with Gasteiger partial charge in [-0.2, -0.15) is 4.31 Å². The van der Waals surface area contributed by atoms with Crippen LogP contribution in [-0.2, 0) is 16.6 Å². The van der Waals surface area contributed by atoms with Gasteiger partial charge in [-0.1, -0.05) is 6.92 Å². The molecule has 1 atom stereocenters. The molecule has 0 radical (unpaired) electrons. The lowest BCUT2D eigenvalue weighted by atomic mass is 10.0. The van der Waals surface area contributed by atoms with Crippen LogP contribution in [0.15, 0.2) is 16.3 Å². The average molecular weight is 288 g/mol. The van der Waals surface area contributed by atoms with E-state index in [1.165, 1.54) is 11.3 Å². The number of nitrogens with one attached hydrogen (secondary N) is 1. The largest absolute Gasteiger partial charge is 0.315 e. The first-order valence-corrected chi connectivity index (χ1v) is 8.58. The van der Waals surface area contributed by atoms with Crippen molar-refractivity contribution in [2.24, 2.45) is 5.92 Å². The van der Waals surface area contributed by atoms with Crippen LogP contribution in [0.4, 0.5) is 0 Å². The van der Waals surface area contributed by atoms with E-state index in [0.29, 0.717) is 30.4 Å². The average Bonchev–Trinajstić information content (AvgIpc) is 2.78. The van der Waals surface area contributed by atoms with E-state index in [9.17, 15) is 8.42 Å². The first-order chi connectivity index (χ1) is 8.55. The standard InChI is InChI=1S/C12H20N2O2S2/c1-10-4-3-6-14(9-10)18(15,16)12-5-7-17-11(12)8-13-2/h5,7,10,13H,3-4,6,8-9H2,1-2H3. The Morgan fingerprint density at radius 2 is 2.33 bits per heavy atom. The summed E-state index contributed by atoms with van der Waals surface area (Å²) in [7, 11) is -1.47. The summed E-state index contributed by atoms with van der Waals surface area (Å²) in [5.74, 6) is 0.458. The molecule has 1 unspecified atom stereocenters. The van der Waals surface area contributed by atoms with Gasteiger partial charge in [-0.05, 0) is 37.3 Å². The van der Waals surface area contributed by atoms with E-state index in [2.05, 4.69) is 12.2 Å². The molecule has 1 aliphatic heterocycles. The summed E-state index contributed by atoms with van der Waals surface area (Å²) < 4.78 is 26.8. The maximum Gasteiger partial charge on any atom is 0.244 e. The summed E-state index contributed by atoms with van der Waals surface area (Å²) in [4.78, 5) is 1.38. The van der Waals surface area contributed by atoms with Crippen LogP contribution in [0.2, 0.25) is 0 Å². The van der Waals surface area contributed by atoms with Gasteiger partial charge in [0.25, 0.3) is 0 Å². The predicted molar refractivity (Wildman–Crippen MR) is 74.2 cm³/mol. The van der Waals surface area contributed by atoms with Gasteiger partial charge in [-0.15, -0.1) is 11.3 Å². The molecule has 1 aromatic rings. The number of hydrogen-bond acceptors (Lipinski definition) is 4. The van der Waals surface area contributed by atoms with Crippen LogP contribution >= 0.6 is 11.3 Å². The Hall–Kier alpha value is -0.430. The minimum atomic E-state index is -3.30. The SMILES string of the molecule is CNCc1sccc1S(=O)(=O)N1CCCC(C)C1. The minimum Gasteiger partial charge on any atom is -0.315 e. The van der Waals surface area contributed by atoms with Crippen LogP contribution in [0, 0.1) is 5.92 Å². The topological polar surface area (TPSA) is 49.4 Å². The third kappa shape index (κ3) is 2.77. The van der Waals surface area contributed by atoms with Gasteiger partial charge in [0, 0.05) is 24.5 Å². The molecule has 0 aliphatic carbocycles. The van der Waals surface area contributed by atoms with Crippen molar-refractivity contribution in [3.05, 3.63) is 16.3 Å². The Bertz CT molecular complexity index is 496. The Balaban J connectivity index is 2.26. The summed E-state index contributed by atoms with van der Waals surface area (Å²) in [5, 5.41) is 4.88. The highest BCUT2D eigenvalue weighted by Gasteiger charge is 2.30. The molecule has 0 spiro atoms. The Morgan fingerprint density at radius 1 is 1.56 bits per heavy atom. The van der Waals surface area contributed by atoms with Crippen LogP contribution in [0.1, 0.15) is 24.6 Å². The molecule has 18 heavy (non-hydrogen) atoms. The van der Waals surface area contributed by atoms with Gasteiger partial charge in [0.05, 0.1) is 4.90 Å². The van der Waals surface area contributed by atoms with Crippen molar-refractivity contribution in [2.75, 3.05) is 20.1 Å². The van der Waals surface area contributed by atoms with E-state index >= 15 is 0 Å². The fourth-order valence-corrected chi connectivity index (χ4v) is 5.38. The van der Waals surface area contributed by atoms with E-state index in [0.717, 1.165) is 17.7 Å². The number of rotatable bonds is 4. The predicted octanol–water partition coefficient (Wildman–Crippen LogP) is 1.89. The van der Waals surface area contributed by atoms with Crippen LogP contribution in [0.5, 0.6) is 0 Å². The fraction of sp³-hybridized carbons (Fsp3) is 0.667. The maximum atomic E-state index is 12.6. The summed E-state index contributed by atoms with van der Waals surface area (Å²) >= 11 is 1.50. The zero-order chi connectivity index (χ0) is 13.2. The molecule has 6 heteroatoms. The monoisotopic (exact) mass is 288 g/mol. The van der Waals surface area contributed by atoms with E-state index in [1.54, 1.807) is 10.4 Å². The molecule has 1 fully saturated rings. The van der Waals surface area contributed by atoms with Crippen molar-refractivity contribution in [3.8, 4) is 0 Å². The summed E-state index contributed by atoms with van der Waals surface area (Å²) in [5.41, 5.74) is 0. The molecule has 0 bridgehead atoms. The first kappa shape index (κ1) is 14.0. The van der Waals surface area contributed by atoms with Gasteiger partial charge in [-0.25, -0.2) is 8.42 Å². The van der Waals surface area contributed by atoms with E-state index in [4.69, 9.17) is 0 Å². The van der Waals surface area contributed by atoms with Crippen molar-refractivity contribution < 1.29 is 8.42 Å². The molecule has 1 aliphatic rings. The smallest absolute Gasteiger partial charge is 0.244 e. The van der Waals surface area contributed by atoms with Gasteiger partial charge >= 0.3 is 0 Å². The summed E-state index contributed by atoms with van der Waals surface area (Å²) in [6.07, 6.45) is 2.09. The number of sulfonamides is 1. The Kier molecular flexibility index (Phi) is 4.42. The molecule has 0 aromatic carbocycles. The Morgan fingerprint density at radius 3 is 3.00 bits per heavy atom. The second kappa shape index (κ2) is 5.69. The second-order valence-electron chi connectivity index (χ2n) is 4.85. The van der Waals surface area contributed by atoms with Crippen LogP contribution in [0.3, 0.4) is 0 Å². The molecular formula is C12H20N2O2S2. The van der Waals surface area contributed by atoms with Gasteiger partial charge in [-0.3, -0.25) is 0 Å². The lowest BCUT2D eigenvalue weighted by Crippen LogP contribution is -2.39. The Labute approximate surface area is 113 Å². The summed E-state index contributed by atoms with van der Waals surface area (Å²) in [6.45, 7) is 4.03. The zero-order valence-electron chi connectivity index (χ0n) is 10.8. The van der Waals surface area contributed by atoms with Crippen LogP contribution < -0.4 is 5.32 Å². The molecule has 2 rings (SSSR count). The van der Waals surface area contributed by atoms with Gasteiger partial charge in [0.15, 0.2) is 0 Å². The van der Waals surface area contributed by atoms with E-state index < -0.39 is 10.0 Å². The third-order valence-electron chi connectivity index (χ3n) is 3.28. The van der Waals surface area contributed by atoms with Crippen molar-refractivity contribution in [1.29, 1.82) is 0 Å². The van der Waals surface area contributed by atoms with Gasteiger partial charge in [0.2, 0.25) is 10.0 Å². The van der Waals surface area contributed by atoms with E-state index in [-0.39, 0.29) is 0 Å². The molecule has 102 valence electrons. The van der Waals surface area contributed by atoms with Crippen molar-refractivity contribution >= 4 is 21.4 Å². The third-order valence-corrected chi connectivity index (χ3v) is 6.28. The second-order valence-corrected chi connectivity index (χ2v) is 7.76. The highest BCUT2D eigenvalue weighted by Crippen LogP contribution is 2.28. The maximum absolute atomic E-state index is 12.6. The highest BCUT2D eigenvalue weighted by molar-refractivity contribution is 7.89. The molecule has 1 aromatic heterocycles. The van der Waals surface area contributed by atoms with Gasteiger partial charge < -0.3 is 5.32 Å². The molecule has 2 heterocycles. The summed E-state index contributed by atoms with van der Waals surface area (Å²) in [6, 6.07) is 1.73. The quantitative estimate of drug-likeness (QED) is 0.920. The molecule has 0 saturated carbocycles. The zero-order valence-corrected chi connectivity index (χ0v) is 12.5. The number of nitrogens with zero attached hydrogens (tertiary/aromatic N) is 1. The molecule has 4 nitrogen and oxygen atoms in total. The fourth-order valence-electron chi connectivity index (χ4n) is 2.35. The molecule has 1 N–H and O–H groups in total. The lowest BCUT2D eigenvalue weighted by molar-refractivity contribution is 0.281. The molecule has 1 saturated heterocycles. The normalized spacial score (nSPS) is 22.2. The highest BCUT2D eigenvalue weighted by atomic mass is 32.2. The van der Waals surface area contributed by atoms with Gasteiger partial charge in [0.1, 0.15) is 0 Å². The van der Waals surface area contributed by atoms with Crippen molar-refractivity contribution in [1.82, 2.24) is 9.62 Å². The van der Waals surface area contributed by atoms with E-state index in [1.807, 2.05) is 12.4 Å². The first-order valence-electron chi connectivity index (χ1n) is 6.27. The number of hydrogen-bond donors (Lipinski definition) is 1. The lowest BCUT2D eigenvalue weighted by Gasteiger charge is -2.30. The molecular weight excluding hydrogens is 268 g/mol. The minimum absolute atomic E-state index is 0.458. The van der Waals surface area contributed by atoms with Crippen molar-refractivity contribution in [2.45, 2.75) is 31.2 Å². The van der Waals surface area contributed by atoms with Crippen LogP contribution in [-0.4, -0.2) is 32.9 Å². The number of piperidine rings is 1. The molecule has 0 amide bonds.